The SMILES string of the molecule is Cc1cc(C)n(CC[C@H]2CCCCN2)n1. The van der Waals surface area contributed by atoms with Crippen molar-refractivity contribution in [2.24, 2.45) is 0 Å². The smallest absolute Gasteiger partial charge is 0.0596 e. The summed E-state index contributed by atoms with van der Waals surface area (Å²) in [4.78, 5) is 0. The molecule has 2 rings (SSSR count). The lowest BCUT2D eigenvalue weighted by atomic mass is 10.0. The van der Waals surface area contributed by atoms with Gasteiger partial charge in [0.05, 0.1) is 5.69 Å². The maximum absolute atomic E-state index is 4.48. The minimum Gasteiger partial charge on any atom is -0.314 e. The zero-order valence-electron chi connectivity index (χ0n) is 9.79. The normalized spacial score (nSPS) is 21.9. The fourth-order valence-corrected chi connectivity index (χ4v) is 2.35. The third-order valence-electron chi connectivity index (χ3n) is 3.21. The van der Waals surface area contributed by atoms with E-state index in [2.05, 4.69) is 35.0 Å². The summed E-state index contributed by atoms with van der Waals surface area (Å²) in [6.45, 7) is 6.44. The van der Waals surface area contributed by atoms with Crippen molar-refractivity contribution in [3.05, 3.63) is 17.5 Å². The lowest BCUT2D eigenvalue weighted by Crippen LogP contribution is -2.34. The monoisotopic (exact) mass is 207 g/mol. The molecule has 1 aromatic rings. The van der Waals surface area contributed by atoms with Gasteiger partial charge in [-0.15, -0.1) is 0 Å². The summed E-state index contributed by atoms with van der Waals surface area (Å²) in [6, 6.07) is 2.86. The largest absolute Gasteiger partial charge is 0.314 e. The second kappa shape index (κ2) is 4.79. The molecule has 0 spiro atoms. The van der Waals surface area contributed by atoms with Gasteiger partial charge in [-0.05, 0) is 45.7 Å². The first kappa shape index (κ1) is 10.7. The van der Waals surface area contributed by atoms with E-state index in [4.69, 9.17) is 0 Å². The minimum atomic E-state index is 0.711. The first-order valence-electron chi connectivity index (χ1n) is 6.00. The topological polar surface area (TPSA) is 29.9 Å². The van der Waals surface area contributed by atoms with Gasteiger partial charge in [0.2, 0.25) is 0 Å². The Kier molecular flexibility index (Phi) is 3.41. The zero-order chi connectivity index (χ0) is 10.7. The van der Waals surface area contributed by atoms with Gasteiger partial charge in [0, 0.05) is 18.3 Å². The first-order chi connectivity index (χ1) is 7.25. The number of aryl methyl sites for hydroxylation is 3. The highest BCUT2D eigenvalue weighted by Crippen LogP contribution is 2.11. The van der Waals surface area contributed by atoms with Crippen molar-refractivity contribution in [3.63, 3.8) is 0 Å². The van der Waals surface area contributed by atoms with Crippen molar-refractivity contribution in [1.29, 1.82) is 0 Å². The Morgan fingerprint density at radius 2 is 2.33 bits per heavy atom. The van der Waals surface area contributed by atoms with Crippen LogP contribution in [-0.2, 0) is 6.54 Å². The van der Waals surface area contributed by atoms with Crippen LogP contribution < -0.4 is 5.32 Å². The van der Waals surface area contributed by atoms with Crippen molar-refractivity contribution in [2.75, 3.05) is 6.54 Å². The number of nitrogens with one attached hydrogen (secondary N) is 1. The molecule has 2 heterocycles. The van der Waals surface area contributed by atoms with Crippen LogP contribution in [0.2, 0.25) is 0 Å². The number of piperidine rings is 1. The van der Waals surface area contributed by atoms with E-state index in [0.717, 1.165) is 12.2 Å². The highest BCUT2D eigenvalue weighted by atomic mass is 15.3. The number of nitrogens with zero attached hydrogens (tertiary/aromatic N) is 2. The van der Waals surface area contributed by atoms with Crippen LogP contribution >= 0.6 is 0 Å². The van der Waals surface area contributed by atoms with Crippen molar-refractivity contribution >= 4 is 0 Å². The van der Waals surface area contributed by atoms with Crippen LogP contribution in [0, 0.1) is 13.8 Å². The molecule has 1 atom stereocenters. The lowest BCUT2D eigenvalue weighted by molar-refractivity contribution is 0.359. The summed E-state index contributed by atoms with van der Waals surface area (Å²) in [5, 5.41) is 8.06. The number of rotatable bonds is 3. The van der Waals surface area contributed by atoms with Crippen molar-refractivity contribution < 1.29 is 0 Å². The summed E-state index contributed by atoms with van der Waals surface area (Å²) in [5.41, 5.74) is 2.41. The highest BCUT2D eigenvalue weighted by molar-refractivity contribution is 5.06. The molecule has 1 aliphatic heterocycles. The van der Waals surface area contributed by atoms with E-state index >= 15 is 0 Å². The lowest BCUT2D eigenvalue weighted by Gasteiger charge is -2.23. The minimum absolute atomic E-state index is 0.711. The Labute approximate surface area is 91.9 Å². The summed E-state index contributed by atoms with van der Waals surface area (Å²) in [6.07, 6.45) is 5.27. The molecule has 3 nitrogen and oxygen atoms in total. The Hall–Kier alpha value is -0.830. The molecule has 1 saturated heterocycles. The van der Waals surface area contributed by atoms with Crippen LogP contribution in [0.25, 0.3) is 0 Å². The van der Waals surface area contributed by atoms with E-state index in [1.54, 1.807) is 0 Å². The number of hydrogen-bond acceptors (Lipinski definition) is 2. The molecule has 1 N–H and O–H groups in total. The molecule has 1 fully saturated rings. The van der Waals surface area contributed by atoms with Crippen molar-refractivity contribution in [2.45, 2.75) is 52.1 Å². The predicted molar refractivity (Wildman–Crippen MR) is 62.0 cm³/mol. The Morgan fingerprint density at radius 3 is 2.93 bits per heavy atom. The van der Waals surface area contributed by atoms with Gasteiger partial charge in [-0.2, -0.15) is 5.10 Å². The summed E-state index contributed by atoms with van der Waals surface area (Å²) < 4.78 is 2.13. The van der Waals surface area contributed by atoms with Gasteiger partial charge >= 0.3 is 0 Å². The third kappa shape index (κ3) is 2.81. The molecule has 0 aliphatic carbocycles. The van der Waals surface area contributed by atoms with E-state index in [1.165, 1.54) is 37.9 Å². The molecule has 0 aromatic carbocycles. The van der Waals surface area contributed by atoms with Gasteiger partial charge in [0.25, 0.3) is 0 Å². The molecule has 0 radical (unpaired) electrons. The maximum atomic E-state index is 4.48. The Bertz CT molecular complexity index is 311. The molecule has 0 saturated carbocycles. The Balaban J connectivity index is 1.84. The van der Waals surface area contributed by atoms with Gasteiger partial charge in [-0.1, -0.05) is 6.42 Å². The second-order valence-corrected chi connectivity index (χ2v) is 4.59. The van der Waals surface area contributed by atoms with Gasteiger partial charge in [-0.3, -0.25) is 4.68 Å². The zero-order valence-corrected chi connectivity index (χ0v) is 9.79. The number of hydrogen-bond donors (Lipinski definition) is 1. The third-order valence-corrected chi connectivity index (χ3v) is 3.21. The summed E-state index contributed by atoms with van der Waals surface area (Å²) in [5.74, 6) is 0. The van der Waals surface area contributed by atoms with Crippen LogP contribution in [-0.4, -0.2) is 22.4 Å². The Morgan fingerprint density at radius 1 is 1.47 bits per heavy atom. The summed E-state index contributed by atoms with van der Waals surface area (Å²) in [7, 11) is 0. The van der Waals surface area contributed by atoms with Crippen LogP contribution in [0.4, 0.5) is 0 Å². The highest BCUT2D eigenvalue weighted by Gasteiger charge is 2.12. The molecule has 15 heavy (non-hydrogen) atoms. The van der Waals surface area contributed by atoms with Crippen LogP contribution in [0.1, 0.15) is 37.1 Å². The van der Waals surface area contributed by atoms with Gasteiger partial charge < -0.3 is 5.32 Å². The molecule has 84 valence electrons. The molecule has 0 amide bonds. The van der Waals surface area contributed by atoms with E-state index < -0.39 is 0 Å². The van der Waals surface area contributed by atoms with Gasteiger partial charge in [-0.25, -0.2) is 0 Å². The maximum Gasteiger partial charge on any atom is 0.0596 e. The van der Waals surface area contributed by atoms with E-state index in [9.17, 15) is 0 Å². The fraction of sp³-hybridized carbons (Fsp3) is 0.750. The molecule has 1 aliphatic rings. The molecule has 3 heteroatoms. The quantitative estimate of drug-likeness (QED) is 0.822. The van der Waals surface area contributed by atoms with Crippen LogP contribution in [0.15, 0.2) is 6.07 Å². The fourth-order valence-electron chi connectivity index (χ4n) is 2.35. The van der Waals surface area contributed by atoms with Gasteiger partial charge in [0.1, 0.15) is 0 Å². The average Bonchev–Trinajstić information content (AvgIpc) is 2.56. The molecule has 0 bridgehead atoms. The van der Waals surface area contributed by atoms with E-state index in [1.807, 2.05) is 0 Å². The summed E-state index contributed by atoms with van der Waals surface area (Å²) >= 11 is 0. The van der Waals surface area contributed by atoms with Crippen LogP contribution in [0.3, 0.4) is 0 Å². The van der Waals surface area contributed by atoms with E-state index in [0.29, 0.717) is 6.04 Å². The molecular formula is C12H21N3. The average molecular weight is 207 g/mol. The molecular weight excluding hydrogens is 186 g/mol. The standard InChI is InChI=1S/C12H21N3/c1-10-9-11(2)15(14-10)8-6-12-5-3-4-7-13-12/h9,12-13H,3-8H2,1-2H3/t12-/m1/s1. The van der Waals surface area contributed by atoms with Gasteiger partial charge in [0.15, 0.2) is 0 Å². The van der Waals surface area contributed by atoms with Crippen molar-refractivity contribution in [3.8, 4) is 0 Å². The first-order valence-corrected chi connectivity index (χ1v) is 6.00. The molecule has 0 unspecified atom stereocenters. The number of aromatic nitrogens is 2. The van der Waals surface area contributed by atoms with Crippen molar-refractivity contribution in [1.82, 2.24) is 15.1 Å². The van der Waals surface area contributed by atoms with E-state index in [-0.39, 0.29) is 0 Å². The predicted octanol–water partition coefficient (Wildman–Crippen LogP) is 2.03. The van der Waals surface area contributed by atoms with Crippen LogP contribution in [0.5, 0.6) is 0 Å². The molecule has 1 aromatic heterocycles. The second-order valence-electron chi connectivity index (χ2n) is 4.59.